The number of thiocarbonyl (C=S) groups is 1. The van der Waals surface area contributed by atoms with Crippen LogP contribution in [-0.4, -0.2) is 23.0 Å². The molecule has 1 aromatic rings. The van der Waals surface area contributed by atoms with Gasteiger partial charge in [0.15, 0.2) is 0 Å². The fourth-order valence-electron chi connectivity index (χ4n) is 1.46. The Morgan fingerprint density at radius 1 is 1.55 bits per heavy atom. The van der Waals surface area contributed by atoms with Crippen LogP contribution in [0.25, 0.3) is 0 Å². The van der Waals surface area contributed by atoms with Crippen LogP contribution in [0.15, 0.2) is 24.3 Å². The second-order valence-corrected chi connectivity index (χ2v) is 4.85. The minimum Gasteiger partial charge on any atom is -0.435 e. The van der Waals surface area contributed by atoms with E-state index in [4.69, 9.17) is 18.0 Å². The molecule has 0 radical (unpaired) electrons. The summed E-state index contributed by atoms with van der Waals surface area (Å²) in [5.74, 6) is -0.539. The maximum Gasteiger partial charge on any atom is 0.387 e. The lowest BCUT2D eigenvalue weighted by atomic mass is 9.98. The zero-order valence-corrected chi connectivity index (χ0v) is 12.0. The van der Waals surface area contributed by atoms with Crippen molar-refractivity contribution in [3.05, 3.63) is 29.8 Å². The molecule has 0 aliphatic rings. The molecule has 0 saturated heterocycles. The highest BCUT2D eigenvalue weighted by Gasteiger charge is 2.28. The van der Waals surface area contributed by atoms with Gasteiger partial charge >= 0.3 is 6.61 Å². The summed E-state index contributed by atoms with van der Waals surface area (Å²) >= 11 is 4.92. The third-order valence-corrected chi connectivity index (χ3v) is 3.41. The molecule has 110 valence electrons. The van der Waals surface area contributed by atoms with E-state index in [9.17, 15) is 13.6 Å². The minimum atomic E-state index is -2.94. The molecule has 0 bridgehead atoms. The Hall–Kier alpha value is -1.76. The first kappa shape index (κ1) is 16.3. The average Bonchev–Trinajstić information content (AvgIpc) is 2.37. The van der Waals surface area contributed by atoms with Gasteiger partial charge in [-0.05, 0) is 31.5 Å². The molecular weight excluding hydrogens is 286 g/mol. The second-order valence-electron chi connectivity index (χ2n) is 4.41. The van der Waals surface area contributed by atoms with Crippen LogP contribution in [0.1, 0.15) is 30.6 Å². The van der Waals surface area contributed by atoms with Gasteiger partial charge < -0.3 is 15.8 Å². The molecule has 4 nitrogen and oxygen atoms in total. The average molecular weight is 302 g/mol. The molecule has 1 unspecified atom stereocenters. The van der Waals surface area contributed by atoms with Gasteiger partial charge in [-0.3, -0.25) is 4.79 Å². The minimum absolute atomic E-state index is 0.0822. The molecule has 20 heavy (non-hydrogen) atoms. The number of hydrogen-bond acceptors (Lipinski definition) is 3. The van der Waals surface area contributed by atoms with Gasteiger partial charge in [0.25, 0.3) is 5.91 Å². The van der Waals surface area contributed by atoms with Gasteiger partial charge in [-0.1, -0.05) is 25.2 Å². The zero-order chi connectivity index (χ0) is 15.3. The number of nitrogens with two attached hydrogens (primary N) is 1. The van der Waals surface area contributed by atoms with Gasteiger partial charge in [-0.2, -0.15) is 8.78 Å². The number of alkyl halides is 2. The van der Waals surface area contributed by atoms with E-state index in [0.717, 1.165) is 0 Å². The molecule has 1 aromatic carbocycles. The maximum atomic E-state index is 12.1. The van der Waals surface area contributed by atoms with Crippen LogP contribution >= 0.6 is 12.2 Å². The summed E-state index contributed by atoms with van der Waals surface area (Å²) in [5.41, 5.74) is 4.96. The van der Waals surface area contributed by atoms with E-state index < -0.39 is 18.1 Å². The monoisotopic (exact) mass is 302 g/mol. The first-order valence-electron chi connectivity index (χ1n) is 5.96. The lowest BCUT2D eigenvalue weighted by molar-refractivity contribution is -0.0498. The van der Waals surface area contributed by atoms with Crippen LogP contribution < -0.4 is 15.8 Å². The number of amides is 1. The normalized spacial score (nSPS) is 13.7. The molecule has 1 rings (SSSR count). The summed E-state index contributed by atoms with van der Waals surface area (Å²) in [6.45, 7) is 0.591. The third-order valence-electron chi connectivity index (χ3n) is 2.96. The van der Waals surface area contributed by atoms with Crippen molar-refractivity contribution < 1.29 is 18.3 Å². The van der Waals surface area contributed by atoms with Gasteiger partial charge in [0.05, 0.1) is 10.5 Å². The summed E-state index contributed by atoms with van der Waals surface area (Å²) in [4.78, 5) is 12.3. The molecule has 1 atom stereocenters. The molecule has 7 heteroatoms. The van der Waals surface area contributed by atoms with Crippen LogP contribution in [0.4, 0.5) is 8.78 Å². The number of hydrogen-bond donors (Lipinski definition) is 2. The number of rotatable bonds is 6. The SMILES string of the molecule is CCC(C)(NC(=O)c1cccc(OC(F)F)c1)C(N)=S. The summed E-state index contributed by atoms with van der Waals surface area (Å²) in [7, 11) is 0. The predicted octanol–water partition coefficient (Wildman–Crippen LogP) is 2.47. The molecule has 0 fully saturated rings. The number of benzene rings is 1. The van der Waals surface area contributed by atoms with E-state index in [1.807, 2.05) is 6.92 Å². The largest absolute Gasteiger partial charge is 0.435 e. The highest BCUT2D eigenvalue weighted by Crippen LogP contribution is 2.17. The molecule has 0 heterocycles. The van der Waals surface area contributed by atoms with Gasteiger partial charge in [0.1, 0.15) is 5.75 Å². The standard InChI is InChI=1S/C13H16F2N2O2S/c1-3-13(2,11(16)20)17-10(18)8-5-4-6-9(7-8)19-12(14)15/h4-7,12H,3H2,1-2H3,(H2,16,20)(H,17,18). The van der Waals surface area contributed by atoms with Crippen LogP contribution in [0.3, 0.4) is 0 Å². The fourth-order valence-corrected chi connectivity index (χ4v) is 1.66. The van der Waals surface area contributed by atoms with Crippen molar-refractivity contribution in [1.29, 1.82) is 0 Å². The highest BCUT2D eigenvalue weighted by molar-refractivity contribution is 7.80. The van der Waals surface area contributed by atoms with Crippen LogP contribution in [0.2, 0.25) is 0 Å². The van der Waals surface area contributed by atoms with E-state index in [-0.39, 0.29) is 16.3 Å². The van der Waals surface area contributed by atoms with Gasteiger partial charge in [0, 0.05) is 5.56 Å². The van der Waals surface area contributed by atoms with Crippen molar-refractivity contribution in [2.45, 2.75) is 32.4 Å². The molecule has 0 spiro atoms. The molecule has 0 aliphatic heterocycles. The quantitative estimate of drug-likeness (QED) is 0.792. The first-order valence-corrected chi connectivity index (χ1v) is 6.36. The van der Waals surface area contributed by atoms with E-state index in [0.29, 0.717) is 6.42 Å². The molecule has 3 N–H and O–H groups in total. The predicted molar refractivity (Wildman–Crippen MR) is 76.0 cm³/mol. The Labute approximate surface area is 121 Å². The van der Waals surface area contributed by atoms with E-state index >= 15 is 0 Å². The summed E-state index contributed by atoms with van der Waals surface area (Å²) in [6.07, 6.45) is 0.515. The molecular formula is C13H16F2N2O2S. The Morgan fingerprint density at radius 3 is 2.70 bits per heavy atom. The molecule has 0 aromatic heterocycles. The zero-order valence-electron chi connectivity index (χ0n) is 11.2. The topological polar surface area (TPSA) is 64.3 Å². The number of carbonyl (C=O) groups excluding carboxylic acids is 1. The Balaban J connectivity index is 2.90. The third kappa shape index (κ3) is 4.12. The summed E-state index contributed by atoms with van der Waals surface area (Å²) < 4.78 is 28.5. The Bertz CT molecular complexity index is 511. The van der Waals surface area contributed by atoms with Crippen molar-refractivity contribution in [3.63, 3.8) is 0 Å². The van der Waals surface area contributed by atoms with Gasteiger partial charge in [0.2, 0.25) is 0 Å². The van der Waals surface area contributed by atoms with E-state index in [1.54, 1.807) is 6.92 Å². The van der Waals surface area contributed by atoms with Crippen LogP contribution in [-0.2, 0) is 0 Å². The number of ether oxygens (including phenoxy) is 1. The van der Waals surface area contributed by atoms with Crippen LogP contribution in [0.5, 0.6) is 5.75 Å². The van der Waals surface area contributed by atoms with Crippen molar-refractivity contribution in [2.75, 3.05) is 0 Å². The Kier molecular flexibility index (Phi) is 5.38. The van der Waals surface area contributed by atoms with Crippen molar-refractivity contribution in [1.82, 2.24) is 5.32 Å². The Morgan fingerprint density at radius 2 is 2.20 bits per heavy atom. The molecule has 0 aliphatic carbocycles. The van der Waals surface area contributed by atoms with E-state index in [1.165, 1.54) is 24.3 Å². The summed E-state index contributed by atoms with van der Waals surface area (Å²) in [6, 6.07) is 5.52. The second kappa shape index (κ2) is 6.60. The molecule has 1 amide bonds. The van der Waals surface area contributed by atoms with Gasteiger partial charge in [-0.15, -0.1) is 0 Å². The van der Waals surface area contributed by atoms with Crippen molar-refractivity contribution >= 4 is 23.1 Å². The highest BCUT2D eigenvalue weighted by atomic mass is 32.1. The van der Waals surface area contributed by atoms with Gasteiger partial charge in [-0.25, -0.2) is 0 Å². The maximum absolute atomic E-state index is 12.1. The number of halogens is 2. The first-order chi connectivity index (χ1) is 9.28. The van der Waals surface area contributed by atoms with Crippen molar-refractivity contribution in [2.24, 2.45) is 5.73 Å². The number of carbonyl (C=O) groups is 1. The van der Waals surface area contributed by atoms with E-state index in [2.05, 4.69) is 10.1 Å². The summed E-state index contributed by atoms with van der Waals surface area (Å²) in [5, 5.41) is 2.69. The molecule has 0 saturated carbocycles. The van der Waals surface area contributed by atoms with Crippen LogP contribution in [0, 0.1) is 0 Å². The smallest absolute Gasteiger partial charge is 0.387 e. The lowest BCUT2D eigenvalue weighted by Gasteiger charge is -2.28. The fraction of sp³-hybridized carbons (Fsp3) is 0.385. The van der Waals surface area contributed by atoms with Crippen molar-refractivity contribution in [3.8, 4) is 5.75 Å². The lowest BCUT2D eigenvalue weighted by Crippen LogP contribution is -2.54. The number of nitrogens with one attached hydrogen (secondary N) is 1.